The zero-order valence-corrected chi connectivity index (χ0v) is 10.7. The summed E-state index contributed by atoms with van der Waals surface area (Å²) in [4.78, 5) is 4.02. The molecular formula is C15H16F2N2. The first kappa shape index (κ1) is 13.6. The third-order valence-electron chi connectivity index (χ3n) is 2.96. The molecule has 0 spiro atoms. The standard InChI is InChI=1S/C15H16F2N2/c1-2-19-14(9-11-5-4-8-18-10-11)15-12(16)6-3-7-13(15)17/h3-8,10,14,19H,2,9H2,1H3. The summed E-state index contributed by atoms with van der Waals surface area (Å²) in [6, 6.07) is 7.26. The molecule has 100 valence electrons. The molecule has 0 saturated carbocycles. The van der Waals surface area contributed by atoms with Gasteiger partial charge in [-0.15, -0.1) is 0 Å². The third-order valence-corrected chi connectivity index (χ3v) is 2.96. The van der Waals surface area contributed by atoms with Crippen LogP contribution in [0.15, 0.2) is 42.7 Å². The van der Waals surface area contributed by atoms with Crippen LogP contribution in [0.5, 0.6) is 0 Å². The first-order valence-corrected chi connectivity index (χ1v) is 6.28. The topological polar surface area (TPSA) is 24.9 Å². The van der Waals surface area contributed by atoms with Gasteiger partial charge in [-0.25, -0.2) is 8.78 Å². The first-order valence-electron chi connectivity index (χ1n) is 6.28. The zero-order valence-electron chi connectivity index (χ0n) is 10.7. The van der Waals surface area contributed by atoms with Gasteiger partial charge in [-0.2, -0.15) is 0 Å². The first-order chi connectivity index (χ1) is 9.22. The van der Waals surface area contributed by atoms with Crippen molar-refractivity contribution in [2.24, 2.45) is 0 Å². The average Bonchev–Trinajstić information content (AvgIpc) is 2.40. The van der Waals surface area contributed by atoms with Crippen LogP contribution in [0.25, 0.3) is 0 Å². The maximum absolute atomic E-state index is 13.8. The predicted molar refractivity (Wildman–Crippen MR) is 70.7 cm³/mol. The number of hydrogen-bond donors (Lipinski definition) is 1. The molecule has 0 aliphatic carbocycles. The molecule has 1 N–H and O–H groups in total. The van der Waals surface area contributed by atoms with Crippen molar-refractivity contribution in [1.82, 2.24) is 10.3 Å². The molecule has 0 saturated heterocycles. The van der Waals surface area contributed by atoms with E-state index in [-0.39, 0.29) is 5.56 Å². The van der Waals surface area contributed by atoms with Crippen molar-refractivity contribution < 1.29 is 8.78 Å². The highest BCUT2D eigenvalue weighted by Crippen LogP contribution is 2.23. The summed E-state index contributed by atoms with van der Waals surface area (Å²) in [5, 5.41) is 3.12. The van der Waals surface area contributed by atoms with Gasteiger partial charge < -0.3 is 5.32 Å². The maximum Gasteiger partial charge on any atom is 0.130 e. The molecule has 2 nitrogen and oxygen atoms in total. The Morgan fingerprint density at radius 3 is 2.47 bits per heavy atom. The van der Waals surface area contributed by atoms with Crippen molar-refractivity contribution in [2.75, 3.05) is 6.54 Å². The smallest absolute Gasteiger partial charge is 0.130 e. The summed E-state index contributed by atoms with van der Waals surface area (Å²) in [6.07, 6.45) is 3.89. The van der Waals surface area contributed by atoms with Crippen LogP contribution in [-0.2, 0) is 6.42 Å². The Kier molecular flexibility index (Phi) is 4.58. The second-order valence-corrected chi connectivity index (χ2v) is 4.31. The third kappa shape index (κ3) is 3.35. The van der Waals surface area contributed by atoms with Gasteiger partial charge in [0.25, 0.3) is 0 Å². The van der Waals surface area contributed by atoms with E-state index in [0.717, 1.165) is 5.56 Å². The molecule has 0 aliphatic heterocycles. The molecule has 0 fully saturated rings. The molecular weight excluding hydrogens is 246 g/mol. The Labute approximate surface area is 111 Å². The van der Waals surface area contributed by atoms with E-state index in [9.17, 15) is 8.78 Å². The molecule has 0 bridgehead atoms. The summed E-state index contributed by atoms with van der Waals surface area (Å²) < 4.78 is 27.7. The Bertz CT molecular complexity index is 509. The van der Waals surface area contributed by atoms with Crippen molar-refractivity contribution >= 4 is 0 Å². The van der Waals surface area contributed by atoms with Crippen LogP contribution in [-0.4, -0.2) is 11.5 Å². The number of aromatic nitrogens is 1. The van der Waals surface area contributed by atoms with Crippen LogP contribution < -0.4 is 5.32 Å². The van der Waals surface area contributed by atoms with Crippen LogP contribution in [0, 0.1) is 11.6 Å². The molecule has 0 aliphatic rings. The van der Waals surface area contributed by atoms with Crippen LogP contribution in [0.1, 0.15) is 24.1 Å². The number of halogens is 2. The van der Waals surface area contributed by atoms with Crippen LogP contribution in [0.2, 0.25) is 0 Å². The van der Waals surface area contributed by atoms with E-state index in [2.05, 4.69) is 10.3 Å². The Balaban J connectivity index is 2.30. The SMILES string of the molecule is CCNC(Cc1cccnc1)c1c(F)cccc1F. The van der Waals surface area contributed by atoms with Gasteiger partial charge in [0.1, 0.15) is 11.6 Å². The van der Waals surface area contributed by atoms with E-state index >= 15 is 0 Å². The number of benzene rings is 1. The minimum absolute atomic E-state index is 0.0909. The van der Waals surface area contributed by atoms with Crippen molar-refractivity contribution in [2.45, 2.75) is 19.4 Å². The Morgan fingerprint density at radius 2 is 1.89 bits per heavy atom. The minimum Gasteiger partial charge on any atom is -0.310 e. The van der Waals surface area contributed by atoms with Crippen LogP contribution in [0.3, 0.4) is 0 Å². The van der Waals surface area contributed by atoms with Gasteiger partial charge in [-0.05, 0) is 36.7 Å². The number of nitrogens with one attached hydrogen (secondary N) is 1. The molecule has 4 heteroatoms. The molecule has 0 radical (unpaired) electrons. The normalized spacial score (nSPS) is 12.4. The molecule has 1 aromatic heterocycles. The lowest BCUT2D eigenvalue weighted by molar-refractivity contribution is 0.473. The maximum atomic E-state index is 13.8. The molecule has 1 aromatic carbocycles. The summed E-state index contributed by atoms with van der Waals surface area (Å²) in [7, 11) is 0. The lowest BCUT2D eigenvalue weighted by Crippen LogP contribution is -2.25. The molecule has 2 rings (SSSR count). The predicted octanol–water partition coefficient (Wildman–Crippen LogP) is 3.25. The van der Waals surface area contributed by atoms with Gasteiger partial charge in [-0.1, -0.05) is 19.1 Å². The van der Waals surface area contributed by atoms with Gasteiger partial charge in [0.05, 0.1) is 0 Å². The highest BCUT2D eigenvalue weighted by Gasteiger charge is 2.19. The molecule has 1 atom stereocenters. The van der Waals surface area contributed by atoms with Crippen molar-refractivity contribution in [3.05, 3.63) is 65.5 Å². The zero-order chi connectivity index (χ0) is 13.7. The molecule has 1 heterocycles. The summed E-state index contributed by atoms with van der Waals surface area (Å²) >= 11 is 0. The fourth-order valence-corrected chi connectivity index (χ4v) is 2.12. The van der Waals surface area contributed by atoms with Crippen molar-refractivity contribution in [1.29, 1.82) is 0 Å². The monoisotopic (exact) mass is 262 g/mol. The fourth-order valence-electron chi connectivity index (χ4n) is 2.12. The summed E-state index contributed by atoms with van der Waals surface area (Å²) in [5.41, 5.74) is 1.03. The average molecular weight is 262 g/mol. The summed E-state index contributed by atoms with van der Waals surface area (Å²) in [5.74, 6) is -1.04. The second-order valence-electron chi connectivity index (χ2n) is 4.31. The lowest BCUT2D eigenvalue weighted by atomic mass is 9.98. The lowest BCUT2D eigenvalue weighted by Gasteiger charge is -2.19. The van der Waals surface area contributed by atoms with Crippen LogP contribution in [0.4, 0.5) is 8.78 Å². The Hall–Kier alpha value is -1.81. The van der Waals surface area contributed by atoms with Crippen molar-refractivity contribution in [3.8, 4) is 0 Å². The minimum atomic E-state index is -0.519. The van der Waals surface area contributed by atoms with Gasteiger partial charge in [-0.3, -0.25) is 4.98 Å². The summed E-state index contributed by atoms with van der Waals surface area (Å²) in [6.45, 7) is 2.55. The molecule has 0 amide bonds. The van der Waals surface area contributed by atoms with E-state index in [1.165, 1.54) is 18.2 Å². The highest BCUT2D eigenvalue weighted by molar-refractivity contribution is 5.25. The number of pyridine rings is 1. The van der Waals surface area contributed by atoms with Crippen LogP contribution >= 0.6 is 0 Å². The molecule has 1 unspecified atom stereocenters. The van der Waals surface area contributed by atoms with Gasteiger partial charge >= 0.3 is 0 Å². The number of rotatable bonds is 5. The molecule has 2 aromatic rings. The van der Waals surface area contributed by atoms with Gasteiger partial charge in [0, 0.05) is 24.0 Å². The number of hydrogen-bond acceptors (Lipinski definition) is 2. The second kappa shape index (κ2) is 6.38. The van der Waals surface area contributed by atoms with E-state index in [1.807, 2.05) is 19.1 Å². The Morgan fingerprint density at radius 1 is 1.16 bits per heavy atom. The fraction of sp³-hybridized carbons (Fsp3) is 0.267. The number of likely N-dealkylation sites (N-methyl/N-ethyl adjacent to an activating group) is 1. The number of nitrogens with zero attached hydrogens (tertiary/aromatic N) is 1. The van der Waals surface area contributed by atoms with Crippen molar-refractivity contribution in [3.63, 3.8) is 0 Å². The van der Waals surface area contributed by atoms with Gasteiger partial charge in [0.2, 0.25) is 0 Å². The van der Waals surface area contributed by atoms with E-state index in [1.54, 1.807) is 12.4 Å². The molecule has 19 heavy (non-hydrogen) atoms. The van der Waals surface area contributed by atoms with E-state index < -0.39 is 17.7 Å². The van der Waals surface area contributed by atoms with E-state index in [0.29, 0.717) is 13.0 Å². The highest BCUT2D eigenvalue weighted by atomic mass is 19.1. The largest absolute Gasteiger partial charge is 0.310 e. The quantitative estimate of drug-likeness (QED) is 0.894. The van der Waals surface area contributed by atoms with Gasteiger partial charge in [0.15, 0.2) is 0 Å². The van der Waals surface area contributed by atoms with E-state index in [4.69, 9.17) is 0 Å².